The number of hydrogen-bond donors (Lipinski definition) is 0. The topological polar surface area (TPSA) is 23.6 Å². The van der Waals surface area contributed by atoms with Crippen LogP contribution in [0.15, 0.2) is 0 Å². The van der Waals surface area contributed by atoms with Crippen LogP contribution in [-0.2, 0) is 4.79 Å². The van der Waals surface area contributed by atoms with Gasteiger partial charge >= 0.3 is 0 Å². The van der Waals surface area contributed by atoms with Crippen molar-refractivity contribution in [3.8, 4) is 0 Å². The predicted octanol–water partition coefficient (Wildman–Crippen LogP) is 1.28. The summed E-state index contributed by atoms with van der Waals surface area (Å²) in [5.41, 5.74) is 0. The van der Waals surface area contributed by atoms with E-state index >= 15 is 0 Å². The van der Waals surface area contributed by atoms with Gasteiger partial charge in [-0.25, -0.2) is 0 Å². The molecule has 90 valence electrons. The monoisotopic (exact) mass is 222 g/mol. The zero-order chi connectivity index (χ0) is 11.1. The molecule has 0 amide bonds. The van der Waals surface area contributed by atoms with E-state index in [-0.39, 0.29) is 0 Å². The highest BCUT2D eigenvalue weighted by atomic mass is 16.1. The van der Waals surface area contributed by atoms with E-state index in [9.17, 15) is 4.79 Å². The molecule has 3 unspecified atom stereocenters. The smallest absolute Gasteiger partial charge is 0.136 e. The number of Topliss-reactive ketones (excluding diaryl/α,β-unsaturated/α-hetero) is 1. The molecule has 3 atom stereocenters. The summed E-state index contributed by atoms with van der Waals surface area (Å²) in [6.45, 7) is 2.46. The number of likely N-dealkylation sites (tertiary alicyclic amines) is 1. The summed E-state index contributed by atoms with van der Waals surface area (Å²) in [6.07, 6.45) is 6.84. The SMILES string of the molecule is CN1CCCC(N2C3CCC2CC(=O)C3)C1. The standard InChI is InChI=1S/C13H22N2O/c1-14-6-2-3-12(9-14)15-10-4-5-11(15)8-13(16)7-10/h10-12H,2-9H2,1H3. The molecule has 2 bridgehead atoms. The van der Waals surface area contributed by atoms with E-state index in [1.807, 2.05) is 0 Å². The molecular weight excluding hydrogens is 200 g/mol. The van der Waals surface area contributed by atoms with Crippen LogP contribution in [0.3, 0.4) is 0 Å². The first-order valence-corrected chi connectivity index (χ1v) is 6.71. The number of hydrogen-bond acceptors (Lipinski definition) is 3. The van der Waals surface area contributed by atoms with Gasteiger partial charge in [-0.2, -0.15) is 0 Å². The molecule has 0 saturated carbocycles. The van der Waals surface area contributed by atoms with Gasteiger partial charge in [0.05, 0.1) is 0 Å². The molecule has 0 N–H and O–H groups in total. The molecule has 3 rings (SSSR count). The maximum atomic E-state index is 11.6. The van der Waals surface area contributed by atoms with Crippen molar-refractivity contribution in [1.82, 2.24) is 9.80 Å². The third-order valence-electron chi connectivity index (χ3n) is 4.62. The molecule has 3 fully saturated rings. The van der Waals surface area contributed by atoms with Crippen molar-refractivity contribution in [3.05, 3.63) is 0 Å². The van der Waals surface area contributed by atoms with Crippen molar-refractivity contribution in [2.45, 2.75) is 56.7 Å². The van der Waals surface area contributed by atoms with Crippen LogP contribution in [0.2, 0.25) is 0 Å². The highest BCUT2D eigenvalue weighted by Crippen LogP contribution is 2.37. The van der Waals surface area contributed by atoms with Crippen LogP contribution in [0.4, 0.5) is 0 Å². The Kier molecular flexibility index (Phi) is 2.76. The minimum absolute atomic E-state index is 0.507. The number of nitrogens with zero attached hydrogens (tertiary/aromatic N) is 2. The second kappa shape index (κ2) is 4.11. The van der Waals surface area contributed by atoms with Gasteiger partial charge in [0.15, 0.2) is 0 Å². The summed E-state index contributed by atoms with van der Waals surface area (Å²) in [6, 6.07) is 1.90. The molecule has 3 saturated heterocycles. The van der Waals surface area contributed by atoms with Crippen LogP contribution in [0, 0.1) is 0 Å². The van der Waals surface area contributed by atoms with Gasteiger partial charge in [-0.15, -0.1) is 0 Å². The molecule has 16 heavy (non-hydrogen) atoms. The fourth-order valence-corrected chi connectivity index (χ4v) is 3.98. The van der Waals surface area contributed by atoms with E-state index in [1.54, 1.807) is 0 Å². The van der Waals surface area contributed by atoms with E-state index in [1.165, 1.54) is 38.8 Å². The first kappa shape index (κ1) is 10.7. The Morgan fingerprint density at radius 2 is 1.75 bits per heavy atom. The Labute approximate surface area is 97.8 Å². The van der Waals surface area contributed by atoms with Crippen molar-refractivity contribution in [1.29, 1.82) is 0 Å². The fraction of sp³-hybridized carbons (Fsp3) is 0.923. The number of likely N-dealkylation sites (N-methyl/N-ethyl adjacent to an activating group) is 1. The van der Waals surface area contributed by atoms with Crippen molar-refractivity contribution in [2.24, 2.45) is 0 Å². The summed E-state index contributed by atoms with van der Waals surface area (Å²) < 4.78 is 0. The molecule has 0 aromatic heterocycles. The van der Waals surface area contributed by atoms with Gasteiger partial charge in [0.1, 0.15) is 5.78 Å². The lowest BCUT2D eigenvalue weighted by Gasteiger charge is -2.44. The van der Waals surface area contributed by atoms with E-state index < -0.39 is 0 Å². The highest BCUT2D eigenvalue weighted by Gasteiger charge is 2.43. The van der Waals surface area contributed by atoms with Crippen molar-refractivity contribution in [3.63, 3.8) is 0 Å². The number of carbonyl (C=O) groups is 1. The summed E-state index contributed by atoms with van der Waals surface area (Å²) in [5.74, 6) is 0.507. The van der Waals surface area contributed by atoms with Gasteiger partial charge in [-0.1, -0.05) is 0 Å². The first-order valence-electron chi connectivity index (χ1n) is 6.71. The Morgan fingerprint density at radius 1 is 1.06 bits per heavy atom. The number of carbonyl (C=O) groups excluding carboxylic acids is 1. The van der Waals surface area contributed by atoms with Crippen LogP contribution < -0.4 is 0 Å². The lowest BCUT2D eigenvalue weighted by atomic mass is 9.95. The van der Waals surface area contributed by atoms with Crippen LogP contribution in [0.5, 0.6) is 0 Å². The molecule has 3 nitrogen and oxygen atoms in total. The van der Waals surface area contributed by atoms with Gasteiger partial charge in [0, 0.05) is 37.5 Å². The number of ketones is 1. The summed E-state index contributed by atoms with van der Waals surface area (Å²) >= 11 is 0. The second-order valence-corrected chi connectivity index (χ2v) is 5.84. The molecular formula is C13H22N2O. The fourth-order valence-electron chi connectivity index (χ4n) is 3.98. The zero-order valence-electron chi connectivity index (χ0n) is 10.2. The maximum Gasteiger partial charge on any atom is 0.136 e. The van der Waals surface area contributed by atoms with Crippen molar-refractivity contribution in [2.75, 3.05) is 20.1 Å². The Hall–Kier alpha value is -0.410. The van der Waals surface area contributed by atoms with Gasteiger partial charge in [-0.05, 0) is 39.3 Å². The highest BCUT2D eigenvalue weighted by molar-refractivity contribution is 5.81. The third kappa shape index (κ3) is 1.80. The average Bonchev–Trinajstić information content (AvgIpc) is 2.51. The molecule has 3 aliphatic rings. The van der Waals surface area contributed by atoms with Crippen molar-refractivity contribution >= 4 is 5.78 Å². The second-order valence-electron chi connectivity index (χ2n) is 5.84. The molecule has 0 radical (unpaired) electrons. The van der Waals surface area contributed by atoms with Crippen LogP contribution in [-0.4, -0.2) is 53.8 Å². The molecule has 0 aliphatic carbocycles. The van der Waals surface area contributed by atoms with Gasteiger partial charge in [0.2, 0.25) is 0 Å². The molecule has 3 heteroatoms. The number of fused-ring (bicyclic) bond motifs is 2. The summed E-state index contributed by atoms with van der Waals surface area (Å²) in [4.78, 5) is 16.7. The van der Waals surface area contributed by atoms with E-state index in [4.69, 9.17) is 0 Å². The van der Waals surface area contributed by atoms with Crippen LogP contribution in [0.25, 0.3) is 0 Å². The normalized spacial score (nSPS) is 41.6. The first-order chi connectivity index (χ1) is 7.74. The van der Waals surface area contributed by atoms with Gasteiger partial charge in [-0.3, -0.25) is 9.69 Å². The Bertz CT molecular complexity index is 276. The molecule has 0 spiro atoms. The Balaban J connectivity index is 1.72. The number of piperidine rings is 2. The Morgan fingerprint density at radius 3 is 2.38 bits per heavy atom. The van der Waals surface area contributed by atoms with E-state index in [0.717, 1.165) is 18.9 Å². The third-order valence-corrected chi connectivity index (χ3v) is 4.62. The number of rotatable bonds is 1. The van der Waals surface area contributed by atoms with E-state index in [0.29, 0.717) is 17.9 Å². The lowest BCUT2D eigenvalue weighted by Crippen LogP contribution is -2.54. The molecule has 0 aromatic rings. The maximum absolute atomic E-state index is 11.6. The minimum Gasteiger partial charge on any atom is -0.305 e. The minimum atomic E-state index is 0.507. The van der Waals surface area contributed by atoms with Crippen LogP contribution >= 0.6 is 0 Å². The van der Waals surface area contributed by atoms with Gasteiger partial charge in [0.25, 0.3) is 0 Å². The quantitative estimate of drug-likeness (QED) is 0.667. The molecule has 0 aromatic carbocycles. The van der Waals surface area contributed by atoms with Gasteiger partial charge < -0.3 is 4.90 Å². The average molecular weight is 222 g/mol. The summed E-state index contributed by atoms with van der Waals surface area (Å²) in [5, 5.41) is 0. The van der Waals surface area contributed by atoms with E-state index in [2.05, 4.69) is 16.8 Å². The summed E-state index contributed by atoms with van der Waals surface area (Å²) in [7, 11) is 2.23. The van der Waals surface area contributed by atoms with Crippen LogP contribution in [0.1, 0.15) is 38.5 Å². The largest absolute Gasteiger partial charge is 0.305 e. The van der Waals surface area contributed by atoms with Crippen molar-refractivity contribution < 1.29 is 4.79 Å². The lowest BCUT2D eigenvalue weighted by molar-refractivity contribution is -0.124. The zero-order valence-corrected chi connectivity index (χ0v) is 10.2. The molecule has 3 heterocycles. The predicted molar refractivity (Wildman–Crippen MR) is 63.4 cm³/mol. The molecule has 3 aliphatic heterocycles.